The van der Waals surface area contributed by atoms with Crippen LogP contribution in [0.2, 0.25) is 0 Å². The van der Waals surface area contributed by atoms with Crippen LogP contribution in [0.1, 0.15) is 45.2 Å². The van der Waals surface area contributed by atoms with Crippen molar-refractivity contribution in [3.8, 4) is 5.75 Å². The molecule has 0 radical (unpaired) electrons. The third kappa shape index (κ3) is 3.74. The van der Waals surface area contributed by atoms with E-state index in [1.807, 2.05) is 6.07 Å². The van der Waals surface area contributed by atoms with Crippen LogP contribution in [0.4, 0.5) is 0 Å². The molecule has 2 rings (SSSR count). The number of hydrogen-bond donors (Lipinski definition) is 1. The fraction of sp³-hybridized carbons (Fsp3) is 0.647. The molecule has 0 saturated carbocycles. The van der Waals surface area contributed by atoms with Crippen molar-refractivity contribution >= 4 is 0 Å². The molecule has 3 nitrogen and oxygen atoms in total. The summed E-state index contributed by atoms with van der Waals surface area (Å²) in [6.07, 6.45) is 2.51. The number of nitrogens with one attached hydrogen (secondary N) is 1. The third-order valence-electron chi connectivity index (χ3n) is 3.84. The zero-order chi connectivity index (χ0) is 14.4. The van der Waals surface area contributed by atoms with E-state index in [0.29, 0.717) is 18.1 Å². The Morgan fingerprint density at radius 1 is 1.35 bits per heavy atom. The van der Waals surface area contributed by atoms with E-state index in [-0.39, 0.29) is 0 Å². The van der Waals surface area contributed by atoms with Gasteiger partial charge in [0.15, 0.2) is 0 Å². The number of para-hydroxylation sites is 1. The van der Waals surface area contributed by atoms with Crippen LogP contribution in [-0.4, -0.2) is 25.9 Å². The Kier molecular flexibility index (Phi) is 5.86. The molecule has 3 atom stereocenters. The van der Waals surface area contributed by atoms with E-state index in [2.05, 4.69) is 44.3 Å². The molecule has 1 aliphatic rings. The Morgan fingerprint density at radius 3 is 2.80 bits per heavy atom. The second-order valence-electron chi connectivity index (χ2n) is 5.56. The van der Waals surface area contributed by atoms with Crippen LogP contribution >= 0.6 is 0 Å². The average molecular weight is 277 g/mol. The van der Waals surface area contributed by atoms with Crippen molar-refractivity contribution in [1.29, 1.82) is 0 Å². The maximum Gasteiger partial charge on any atom is 0.124 e. The van der Waals surface area contributed by atoms with E-state index in [9.17, 15) is 0 Å². The van der Waals surface area contributed by atoms with Crippen molar-refractivity contribution in [2.45, 2.75) is 45.8 Å². The standard InChI is InChI=1S/C17H27NO2/c1-4-10-19-16-9-7-6-8-15(16)17(18-5-2)14-11-13(3)20-12-14/h6-9,13-14,17-18H,4-5,10-12H2,1-3H3. The Morgan fingerprint density at radius 2 is 2.15 bits per heavy atom. The monoisotopic (exact) mass is 277 g/mol. The highest BCUT2D eigenvalue weighted by Gasteiger charge is 2.31. The highest BCUT2D eigenvalue weighted by atomic mass is 16.5. The zero-order valence-corrected chi connectivity index (χ0v) is 12.9. The van der Waals surface area contributed by atoms with E-state index in [4.69, 9.17) is 9.47 Å². The highest BCUT2D eigenvalue weighted by molar-refractivity contribution is 5.36. The summed E-state index contributed by atoms with van der Waals surface area (Å²) in [6, 6.07) is 8.72. The topological polar surface area (TPSA) is 30.5 Å². The SMILES string of the molecule is CCCOc1ccccc1C(NCC)C1COC(C)C1. The van der Waals surface area contributed by atoms with Crippen molar-refractivity contribution in [3.63, 3.8) is 0 Å². The molecule has 1 fully saturated rings. The van der Waals surface area contributed by atoms with Crippen molar-refractivity contribution in [2.24, 2.45) is 5.92 Å². The van der Waals surface area contributed by atoms with Gasteiger partial charge in [-0.25, -0.2) is 0 Å². The molecule has 1 saturated heterocycles. The molecule has 1 heterocycles. The molecule has 20 heavy (non-hydrogen) atoms. The van der Waals surface area contributed by atoms with Crippen LogP contribution in [0.3, 0.4) is 0 Å². The lowest BCUT2D eigenvalue weighted by molar-refractivity contribution is 0.116. The second kappa shape index (κ2) is 7.65. The third-order valence-corrected chi connectivity index (χ3v) is 3.84. The van der Waals surface area contributed by atoms with Crippen molar-refractivity contribution < 1.29 is 9.47 Å². The van der Waals surface area contributed by atoms with Gasteiger partial charge in [0.1, 0.15) is 5.75 Å². The van der Waals surface area contributed by atoms with Gasteiger partial charge in [-0.3, -0.25) is 0 Å². The van der Waals surface area contributed by atoms with Crippen LogP contribution in [0.25, 0.3) is 0 Å². The fourth-order valence-corrected chi connectivity index (χ4v) is 2.91. The predicted octanol–water partition coefficient (Wildman–Crippen LogP) is 3.55. The highest BCUT2D eigenvalue weighted by Crippen LogP contribution is 2.35. The summed E-state index contributed by atoms with van der Waals surface area (Å²) in [4.78, 5) is 0. The fourth-order valence-electron chi connectivity index (χ4n) is 2.91. The first kappa shape index (κ1) is 15.3. The molecule has 0 bridgehead atoms. The number of rotatable bonds is 7. The van der Waals surface area contributed by atoms with Gasteiger partial charge in [-0.15, -0.1) is 0 Å². The lowest BCUT2D eigenvalue weighted by Crippen LogP contribution is -2.29. The summed E-state index contributed by atoms with van der Waals surface area (Å²) in [5.41, 5.74) is 1.27. The summed E-state index contributed by atoms with van der Waals surface area (Å²) in [5.74, 6) is 1.54. The summed E-state index contributed by atoms with van der Waals surface area (Å²) in [7, 11) is 0. The maximum atomic E-state index is 5.92. The largest absolute Gasteiger partial charge is 0.493 e. The van der Waals surface area contributed by atoms with Crippen molar-refractivity contribution in [1.82, 2.24) is 5.32 Å². The minimum absolute atomic E-state index is 0.318. The molecule has 0 aromatic heterocycles. The Hall–Kier alpha value is -1.06. The Labute approximate surface area is 122 Å². The van der Waals surface area contributed by atoms with Crippen LogP contribution in [-0.2, 0) is 4.74 Å². The van der Waals surface area contributed by atoms with Crippen LogP contribution in [0.5, 0.6) is 5.75 Å². The first-order valence-electron chi connectivity index (χ1n) is 7.83. The maximum absolute atomic E-state index is 5.92. The lowest BCUT2D eigenvalue weighted by atomic mass is 9.90. The normalized spacial score (nSPS) is 23.8. The van der Waals surface area contributed by atoms with Gasteiger partial charge in [0, 0.05) is 17.5 Å². The van der Waals surface area contributed by atoms with E-state index >= 15 is 0 Å². The second-order valence-corrected chi connectivity index (χ2v) is 5.56. The average Bonchev–Trinajstić information content (AvgIpc) is 2.89. The van der Waals surface area contributed by atoms with Gasteiger partial charge >= 0.3 is 0 Å². The summed E-state index contributed by atoms with van der Waals surface area (Å²) >= 11 is 0. The van der Waals surface area contributed by atoms with Gasteiger partial charge in [0.2, 0.25) is 0 Å². The molecule has 0 amide bonds. The minimum Gasteiger partial charge on any atom is -0.493 e. The van der Waals surface area contributed by atoms with E-state index in [1.54, 1.807) is 0 Å². The molecule has 1 N–H and O–H groups in total. The van der Waals surface area contributed by atoms with E-state index in [1.165, 1.54) is 5.56 Å². The molecule has 0 spiro atoms. The number of hydrogen-bond acceptors (Lipinski definition) is 3. The van der Waals surface area contributed by atoms with Gasteiger partial charge < -0.3 is 14.8 Å². The molecule has 3 unspecified atom stereocenters. The van der Waals surface area contributed by atoms with Crippen LogP contribution in [0.15, 0.2) is 24.3 Å². The molecule has 1 aromatic rings. The summed E-state index contributed by atoms with van der Waals surface area (Å²) < 4.78 is 11.7. The minimum atomic E-state index is 0.318. The lowest BCUT2D eigenvalue weighted by Gasteiger charge is -2.26. The Balaban J connectivity index is 2.19. The van der Waals surface area contributed by atoms with Gasteiger partial charge in [-0.05, 0) is 32.4 Å². The van der Waals surface area contributed by atoms with Gasteiger partial charge in [-0.1, -0.05) is 32.0 Å². The first-order chi connectivity index (χ1) is 9.76. The molecule has 1 aliphatic heterocycles. The number of benzene rings is 1. The molecular weight excluding hydrogens is 250 g/mol. The van der Waals surface area contributed by atoms with Crippen LogP contribution < -0.4 is 10.1 Å². The molecule has 0 aliphatic carbocycles. The van der Waals surface area contributed by atoms with Gasteiger partial charge in [0.25, 0.3) is 0 Å². The van der Waals surface area contributed by atoms with Crippen molar-refractivity contribution in [3.05, 3.63) is 29.8 Å². The van der Waals surface area contributed by atoms with E-state index < -0.39 is 0 Å². The Bertz CT molecular complexity index is 408. The smallest absolute Gasteiger partial charge is 0.124 e. The van der Waals surface area contributed by atoms with Gasteiger partial charge in [0.05, 0.1) is 19.3 Å². The zero-order valence-electron chi connectivity index (χ0n) is 12.9. The first-order valence-corrected chi connectivity index (χ1v) is 7.83. The molecule has 3 heteroatoms. The van der Waals surface area contributed by atoms with Crippen LogP contribution in [0, 0.1) is 5.92 Å². The molecule has 1 aromatic carbocycles. The van der Waals surface area contributed by atoms with E-state index in [0.717, 1.165) is 38.3 Å². The predicted molar refractivity (Wildman–Crippen MR) is 82.2 cm³/mol. The summed E-state index contributed by atoms with van der Waals surface area (Å²) in [6.45, 7) is 9.01. The number of ether oxygens (including phenoxy) is 2. The van der Waals surface area contributed by atoms with Crippen molar-refractivity contribution in [2.75, 3.05) is 19.8 Å². The molecule has 112 valence electrons. The quantitative estimate of drug-likeness (QED) is 0.826. The van der Waals surface area contributed by atoms with Gasteiger partial charge in [-0.2, -0.15) is 0 Å². The summed E-state index contributed by atoms with van der Waals surface area (Å²) in [5, 5.41) is 3.62. The molecular formula is C17H27NO2.